The Morgan fingerprint density at radius 1 is 1.17 bits per heavy atom. The SMILES string of the molecule is Nc1nc2c(s1)CCN(CC=Cc1cncc3ccccc13)CC2. The maximum absolute atomic E-state index is 5.81. The van der Waals surface area contributed by atoms with Crippen LogP contribution in [0.25, 0.3) is 16.8 Å². The van der Waals surface area contributed by atoms with E-state index in [4.69, 9.17) is 5.73 Å². The second-order valence-corrected chi connectivity index (χ2v) is 7.19. The molecule has 4 rings (SSSR count). The number of thiazole rings is 1. The van der Waals surface area contributed by atoms with Crippen molar-refractivity contribution in [3.63, 3.8) is 0 Å². The first-order valence-corrected chi connectivity index (χ1v) is 9.07. The highest BCUT2D eigenvalue weighted by molar-refractivity contribution is 7.15. The Kier molecular flexibility index (Phi) is 4.28. The molecule has 0 spiro atoms. The van der Waals surface area contributed by atoms with Gasteiger partial charge >= 0.3 is 0 Å². The van der Waals surface area contributed by atoms with Crippen LogP contribution in [0.5, 0.6) is 0 Å². The first kappa shape index (κ1) is 15.3. The van der Waals surface area contributed by atoms with Crippen LogP contribution >= 0.6 is 11.3 Å². The lowest BCUT2D eigenvalue weighted by molar-refractivity contribution is 0.318. The summed E-state index contributed by atoms with van der Waals surface area (Å²) in [5, 5.41) is 3.14. The number of nitrogens with two attached hydrogens (primary N) is 1. The molecule has 0 atom stereocenters. The molecule has 1 aromatic carbocycles. The van der Waals surface area contributed by atoms with Gasteiger partial charge < -0.3 is 5.73 Å². The number of nitrogens with zero attached hydrogens (tertiary/aromatic N) is 3. The van der Waals surface area contributed by atoms with E-state index in [1.807, 2.05) is 18.5 Å². The maximum Gasteiger partial charge on any atom is 0.180 e. The molecule has 5 heteroatoms. The number of anilines is 1. The highest BCUT2D eigenvalue weighted by Gasteiger charge is 2.16. The minimum atomic E-state index is 0.705. The first-order chi connectivity index (χ1) is 11.8. The Morgan fingerprint density at radius 3 is 3.00 bits per heavy atom. The Hall–Kier alpha value is -2.24. The van der Waals surface area contributed by atoms with Gasteiger partial charge in [-0.15, -0.1) is 11.3 Å². The summed E-state index contributed by atoms with van der Waals surface area (Å²) >= 11 is 1.64. The lowest BCUT2D eigenvalue weighted by atomic mass is 10.1. The summed E-state index contributed by atoms with van der Waals surface area (Å²) in [6.07, 6.45) is 10.3. The van der Waals surface area contributed by atoms with Crippen molar-refractivity contribution in [3.05, 3.63) is 58.9 Å². The fourth-order valence-electron chi connectivity index (χ4n) is 3.21. The van der Waals surface area contributed by atoms with Gasteiger partial charge in [0.05, 0.1) is 5.69 Å². The summed E-state index contributed by atoms with van der Waals surface area (Å²) in [4.78, 5) is 12.6. The second-order valence-electron chi connectivity index (χ2n) is 6.07. The molecular weight excluding hydrogens is 316 g/mol. The van der Waals surface area contributed by atoms with E-state index < -0.39 is 0 Å². The normalized spacial score (nSPS) is 15.7. The highest BCUT2D eigenvalue weighted by Crippen LogP contribution is 2.24. The number of fused-ring (bicyclic) bond motifs is 2. The molecule has 122 valence electrons. The maximum atomic E-state index is 5.81. The zero-order valence-corrected chi connectivity index (χ0v) is 14.3. The topological polar surface area (TPSA) is 55.0 Å². The number of aromatic nitrogens is 2. The first-order valence-electron chi connectivity index (χ1n) is 8.25. The summed E-state index contributed by atoms with van der Waals surface area (Å²) in [6.45, 7) is 3.05. The van der Waals surface area contributed by atoms with Crippen LogP contribution in [0.15, 0.2) is 42.7 Å². The molecule has 1 aliphatic rings. The van der Waals surface area contributed by atoms with Gasteiger partial charge in [0.15, 0.2) is 5.13 Å². The summed E-state index contributed by atoms with van der Waals surface area (Å²) in [6, 6.07) is 8.38. The van der Waals surface area contributed by atoms with Crippen molar-refractivity contribution in [2.24, 2.45) is 0 Å². The van der Waals surface area contributed by atoms with Gasteiger partial charge in [0, 0.05) is 54.3 Å². The van der Waals surface area contributed by atoms with Crippen molar-refractivity contribution in [2.45, 2.75) is 12.8 Å². The van der Waals surface area contributed by atoms with Crippen LogP contribution < -0.4 is 5.73 Å². The zero-order chi connectivity index (χ0) is 16.4. The van der Waals surface area contributed by atoms with Gasteiger partial charge in [0.1, 0.15) is 0 Å². The van der Waals surface area contributed by atoms with E-state index in [9.17, 15) is 0 Å². The van der Waals surface area contributed by atoms with Crippen molar-refractivity contribution in [1.82, 2.24) is 14.9 Å². The molecule has 2 aromatic heterocycles. The Labute approximate surface area is 145 Å². The second kappa shape index (κ2) is 6.71. The van der Waals surface area contributed by atoms with Crippen molar-refractivity contribution in [1.29, 1.82) is 0 Å². The third kappa shape index (κ3) is 3.18. The summed E-state index contributed by atoms with van der Waals surface area (Å²) in [5.41, 5.74) is 8.18. The van der Waals surface area contributed by atoms with Gasteiger partial charge in [-0.1, -0.05) is 36.4 Å². The largest absolute Gasteiger partial charge is 0.375 e. The summed E-state index contributed by atoms with van der Waals surface area (Å²) < 4.78 is 0. The van der Waals surface area contributed by atoms with Gasteiger partial charge in [0.2, 0.25) is 0 Å². The molecule has 4 nitrogen and oxygen atoms in total. The monoisotopic (exact) mass is 336 g/mol. The van der Waals surface area contributed by atoms with Crippen molar-refractivity contribution in [3.8, 4) is 0 Å². The third-order valence-electron chi connectivity index (χ3n) is 4.47. The number of hydrogen-bond acceptors (Lipinski definition) is 5. The molecule has 0 aliphatic carbocycles. The molecule has 3 aromatic rings. The molecule has 0 amide bonds. The number of hydrogen-bond donors (Lipinski definition) is 1. The van der Waals surface area contributed by atoms with Crippen LogP contribution in [0.2, 0.25) is 0 Å². The van der Waals surface area contributed by atoms with E-state index in [0.717, 1.165) is 32.5 Å². The predicted octanol–water partition coefficient (Wildman–Crippen LogP) is 3.39. The minimum absolute atomic E-state index is 0.705. The molecular formula is C19H20N4S. The van der Waals surface area contributed by atoms with E-state index in [-0.39, 0.29) is 0 Å². The van der Waals surface area contributed by atoms with E-state index in [0.29, 0.717) is 5.13 Å². The average Bonchev–Trinajstić information content (AvgIpc) is 2.86. The minimum Gasteiger partial charge on any atom is -0.375 e. The zero-order valence-electron chi connectivity index (χ0n) is 13.5. The Bertz CT molecular complexity index is 853. The van der Waals surface area contributed by atoms with Crippen molar-refractivity contribution >= 4 is 33.3 Å². The van der Waals surface area contributed by atoms with E-state index in [2.05, 4.69) is 45.2 Å². The molecule has 24 heavy (non-hydrogen) atoms. The van der Waals surface area contributed by atoms with Crippen LogP contribution in [0, 0.1) is 0 Å². The lowest BCUT2D eigenvalue weighted by Gasteiger charge is -2.17. The number of pyridine rings is 1. The van der Waals surface area contributed by atoms with Gasteiger partial charge in [-0.3, -0.25) is 9.88 Å². The molecule has 0 saturated heterocycles. The van der Waals surface area contributed by atoms with E-state index in [1.54, 1.807) is 11.3 Å². The van der Waals surface area contributed by atoms with Crippen LogP contribution in [0.3, 0.4) is 0 Å². The van der Waals surface area contributed by atoms with E-state index in [1.165, 1.54) is 26.9 Å². The molecule has 2 N–H and O–H groups in total. The van der Waals surface area contributed by atoms with Gasteiger partial charge in [-0.05, 0) is 11.8 Å². The average molecular weight is 336 g/mol. The fourth-order valence-corrected chi connectivity index (χ4v) is 4.08. The van der Waals surface area contributed by atoms with Crippen LogP contribution in [0.4, 0.5) is 5.13 Å². The number of rotatable bonds is 3. The van der Waals surface area contributed by atoms with Crippen LogP contribution in [-0.4, -0.2) is 34.5 Å². The van der Waals surface area contributed by atoms with Crippen molar-refractivity contribution < 1.29 is 0 Å². The lowest BCUT2D eigenvalue weighted by Crippen LogP contribution is -2.26. The van der Waals surface area contributed by atoms with Crippen LogP contribution in [-0.2, 0) is 12.8 Å². The molecule has 0 unspecified atom stereocenters. The van der Waals surface area contributed by atoms with Gasteiger partial charge in [-0.2, -0.15) is 0 Å². The smallest absolute Gasteiger partial charge is 0.180 e. The number of nitrogen functional groups attached to an aromatic ring is 1. The molecule has 0 fully saturated rings. The summed E-state index contributed by atoms with van der Waals surface area (Å²) in [7, 11) is 0. The molecule has 0 radical (unpaired) electrons. The standard InChI is InChI=1S/C19H20N4S/c20-19-22-17-7-10-23(11-8-18(17)24-19)9-3-5-15-13-21-12-14-4-1-2-6-16(14)15/h1-6,12-13H,7-11H2,(H2,20,22). The molecule has 0 bridgehead atoms. The third-order valence-corrected chi connectivity index (χ3v) is 5.46. The van der Waals surface area contributed by atoms with Crippen molar-refractivity contribution in [2.75, 3.05) is 25.4 Å². The predicted molar refractivity (Wildman–Crippen MR) is 101 cm³/mol. The van der Waals surface area contributed by atoms with Gasteiger partial charge in [0.25, 0.3) is 0 Å². The Balaban J connectivity index is 1.43. The number of benzene rings is 1. The van der Waals surface area contributed by atoms with E-state index >= 15 is 0 Å². The molecule has 3 heterocycles. The van der Waals surface area contributed by atoms with Gasteiger partial charge in [-0.25, -0.2) is 4.98 Å². The Morgan fingerprint density at radius 2 is 2.04 bits per heavy atom. The molecule has 1 aliphatic heterocycles. The molecule has 0 saturated carbocycles. The van der Waals surface area contributed by atoms with Crippen LogP contribution in [0.1, 0.15) is 16.1 Å². The quantitative estimate of drug-likeness (QED) is 0.796. The summed E-state index contributed by atoms with van der Waals surface area (Å²) in [5.74, 6) is 0. The highest BCUT2D eigenvalue weighted by atomic mass is 32.1. The fraction of sp³-hybridized carbons (Fsp3) is 0.263.